The third-order valence-corrected chi connectivity index (χ3v) is 3.17. The van der Waals surface area contributed by atoms with E-state index in [1.807, 2.05) is 48.5 Å². The Morgan fingerprint density at radius 2 is 1.55 bits per heavy atom. The maximum absolute atomic E-state index is 6.03. The van der Waals surface area contributed by atoms with Crippen molar-refractivity contribution in [1.29, 1.82) is 0 Å². The fraction of sp³-hybridized carbons (Fsp3) is 0.263. The lowest BCUT2D eigenvalue weighted by molar-refractivity contribution is 0.0268. The maximum Gasteiger partial charge on any atom is 0.144 e. The third-order valence-electron chi connectivity index (χ3n) is 3.17. The Hall–Kier alpha value is -2.04. The van der Waals surface area contributed by atoms with Crippen LogP contribution < -0.4 is 0 Å². The Kier molecular flexibility index (Phi) is 5.41. The molecule has 1 heteroatoms. The van der Waals surface area contributed by atoms with Crippen LogP contribution in [0.15, 0.2) is 60.7 Å². The Morgan fingerprint density at radius 1 is 0.950 bits per heavy atom. The molecule has 0 N–H and O–H groups in total. The van der Waals surface area contributed by atoms with Crippen LogP contribution in [0.5, 0.6) is 0 Å². The molecule has 102 valence electrons. The molecular weight excluding hydrogens is 244 g/mol. The van der Waals surface area contributed by atoms with Gasteiger partial charge < -0.3 is 4.74 Å². The molecule has 0 bridgehead atoms. The zero-order valence-corrected chi connectivity index (χ0v) is 12.0. The van der Waals surface area contributed by atoms with Crippen molar-refractivity contribution in [2.24, 2.45) is 0 Å². The highest BCUT2D eigenvalue weighted by Crippen LogP contribution is 2.19. The summed E-state index contributed by atoms with van der Waals surface area (Å²) in [6.07, 6.45) is 1.01. The topological polar surface area (TPSA) is 9.23 Å². The predicted octanol–water partition coefficient (Wildman–Crippen LogP) is 4.59. The molecule has 2 atom stereocenters. The molecule has 1 nitrogen and oxygen atoms in total. The van der Waals surface area contributed by atoms with Crippen molar-refractivity contribution in [2.45, 2.75) is 32.5 Å². The first kappa shape index (κ1) is 14.4. The first-order valence-electron chi connectivity index (χ1n) is 7.06. The minimum Gasteiger partial charge on any atom is -0.358 e. The van der Waals surface area contributed by atoms with Crippen LogP contribution in [0.2, 0.25) is 0 Å². The van der Waals surface area contributed by atoms with Gasteiger partial charge >= 0.3 is 0 Å². The van der Waals surface area contributed by atoms with Crippen LogP contribution in [0.25, 0.3) is 0 Å². The average molecular weight is 264 g/mol. The molecule has 0 aliphatic carbocycles. The summed E-state index contributed by atoms with van der Waals surface area (Å²) >= 11 is 0. The summed E-state index contributed by atoms with van der Waals surface area (Å²) in [7, 11) is 0. The molecule has 0 radical (unpaired) electrons. The third kappa shape index (κ3) is 4.26. The van der Waals surface area contributed by atoms with Crippen molar-refractivity contribution in [3.05, 3.63) is 71.8 Å². The van der Waals surface area contributed by atoms with Crippen molar-refractivity contribution in [2.75, 3.05) is 0 Å². The molecule has 0 aromatic heterocycles. The van der Waals surface area contributed by atoms with Gasteiger partial charge in [-0.25, -0.2) is 0 Å². The van der Waals surface area contributed by atoms with Crippen molar-refractivity contribution < 1.29 is 4.74 Å². The summed E-state index contributed by atoms with van der Waals surface area (Å²) in [4.78, 5) is 0. The second-order valence-electron chi connectivity index (χ2n) is 4.78. The van der Waals surface area contributed by atoms with E-state index in [2.05, 4.69) is 37.8 Å². The van der Waals surface area contributed by atoms with E-state index in [-0.39, 0.29) is 12.2 Å². The minimum absolute atomic E-state index is 0.175. The molecule has 0 aliphatic heterocycles. The Morgan fingerprint density at radius 3 is 2.15 bits per heavy atom. The summed E-state index contributed by atoms with van der Waals surface area (Å²) in [5.41, 5.74) is 2.12. The lowest BCUT2D eigenvalue weighted by atomic mass is 10.1. The predicted molar refractivity (Wildman–Crippen MR) is 83.3 cm³/mol. The van der Waals surface area contributed by atoms with Crippen LogP contribution in [0.3, 0.4) is 0 Å². The minimum atomic E-state index is -0.175. The molecule has 0 heterocycles. The molecule has 0 amide bonds. The molecule has 0 saturated heterocycles. The highest BCUT2D eigenvalue weighted by molar-refractivity contribution is 5.36. The molecule has 2 rings (SSSR count). The van der Waals surface area contributed by atoms with E-state index in [0.29, 0.717) is 0 Å². The number of ether oxygens (including phenoxy) is 1. The summed E-state index contributed by atoms with van der Waals surface area (Å²) < 4.78 is 6.03. The average Bonchev–Trinajstić information content (AvgIpc) is 2.53. The van der Waals surface area contributed by atoms with Gasteiger partial charge in [-0.05, 0) is 31.0 Å². The van der Waals surface area contributed by atoms with E-state index < -0.39 is 0 Å². The monoisotopic (exact) mass is 264 g/mol. The summed E-state index contributed by atoms with van der Waals surface area (Å²) in [5.74, 6) is 6.44. The number of hydrogen-bond donors (Lipinski definition) is 0. The van der Waals surface area contributed by atoms with Gasteiger partial charge in [-0.3, -0.25) is 0 Å². The molecule has 2 aromatic carbocycles. The summed E-state index contributed by atoms with van der Waals surface area (Å²) in [6, 6.07) is 20.2. The fourth-order valence-electron chi connectivity index (χ4n) is 1.82. The largest absolute Gasteiger partial charge is 0.358 e. The van der Waals surface area contributed by atoms with E-state index >= 15 is 0 Å². The van der Waals surface area contributed by atoms with Gasteiger partial charge in [0.1, 0.15) is 6.10 Å². The number of rotatable bonds is 4. The molecular formula is C19H20O. The molecule has 0 spiro atoms. The van der Waals surface area contributed by atoms with Gasteiger partial charge in [0, 0.05) is 5.56 Å². The molecule has 20 heavy (non-hydrogen) atoms. The van der Waals surface area contributed by atoms with Crippen molar-refractivity contribution >= 4 is 0 Å². The van der Waals surface area contributed by atoms with E-state index in [1.165, 1.54) is 0 Å². The van der Waals surface area contributed by atoms with E-state index in [9.17, 15) is 0 Å². The highest BCUT2D eigenvalue weighted by Gasteiger charge is 2.11. The van der Waals surface area contributed by atoms with Gasteiger partial charge in [0.2, 0.25) is 0 Å². The standard InChI is InChI=1S/C19H20O/c1-3-16(2)20-19(18-12-8-5-9-13-18)15-14-17-10-6-4-7-11-17/h4-13,16,19H,3H2,1-2H3. The fourth-order valence-corrected chi connectivity index (χ4v) is 1.82. The molecule has 2 unspecified atom stereocenters. The van der Waals surface area contributed by atoms with Gasteiger partial charge in [-0.1, -0.05) is 67.3 Å². The molecule has 0 aliphatic rings. The van der Waals surface area contributed by atoms with E-state index in [4.69, 9.17) is 4.74 Å². The first-order valence-corrected chi connectivity index (χ1v) is 7.06. The van der Waals surface area contributed by atoms with Gasteiger partial charge in [-0.15, -0.1) is 0 Å². The Labute approximate surface area is 121 Å². The molecule has 2 aromatic rings. The van der Waals surface area contributed by atoms with Crippen molar-refractivity contribution in [1.82, 2.24) is 0 Å². The number of hydrogen-bond acceptors (Lipinski definition) is 1. The zero-order chi connectivity index (χ0) is 14.2. The second kappa shape index (κ2) is 7.53. The first-order chi connectivity index (χ1) is 9.79. The molecule has 0 fully saturated rings. The van der Waals surface area contributed by atoms with Crippen LogP contribution in [0.1, 0.15) is 37.5 Å². The Bertz CT molecular complexity index is 563. The normalized spacial score (nSPS) is 13.1. The maximum atomic E-state index is 6.03. The SMILES string of the molecule is CCC(C)OC(C#Cc1ccccc1)c1ccccc1. The summed E-state index contributed by atoms with van der Waals surface area (Å²) in [6.45, 7) is 4.21. The lowest BCUT2D eigenvalue weighted by Crippen LogP contribution is -2.11. The van der Waals surface area contributed by atoms with Gasteiger partial charge in [0.05, 0.1) is 6.10 Å². The Balaban J connectivity index is 2.22. The second-order valence-corrected chi connectivity index (χ2v) is 4.78. The van der Waals surface area contributed by atoms with Crippen molar-refractivity contribution in [3.63, 3.8) is 0 Å². The number of benzene rings is 2. The van der Waals surface area contributed by atoms with Crippen LogP contribution in [0.4, 0.5) is 0 Å². The van der Waals surface area contributed by atoms with Crippen LogP contribution in [0, 0.1) is 11.8 Å². The van der Waals surface area contributed by atoms with Crippen LogP contribution in [-0.2, 0) is 4.74 Å². The summed E-state index contributed by atoms with van der Waals surface area (Å²) in [5, 5.41) is 0. The van der Waals surface area contributed by atoms with E-state index in [0.717, 1.165) is 17.5 Å². The smallest absolute Gasteiger partial charge is 0.144 e. The van der Waals surface area contributed by atoms with Crippen LogP contribution in [-0.4, -0.2) is 6.10 Å². The van der Waals surface area contributed by atoms with Gasteiger partial charge in [0.15, 0.2) is 0 Å². The van der Waals surface area contributed by atoms with Crippen molar-refractivity contribution in [3.8, 4) is 11.8 Å². The zero-order valence-electron chi connectivity index (χ0n) is 12.0. The quantitative estimate of drug-likeness (QED) is 0.734. The van der Waals surface area contributed by atoms with Gasteiger partial charge in [0.25, 0.3) is 0 Å². The van der Waals surface area contributed by atoms with Crippen LogP contribution >= 0.6 is 0 Å². The van der Waals surface area contributed by atoms with E-state index in [1.54, 1.807) is 0 Å². The van der Waals surface area contributed by atoms with Gasteiger partial charge in [-0.2, -0.15) is 0 Å². The highest BCUT2D eigenvalue weighted by atomic mass is 16.5. The lowest BCUT2D eigenvalue weighted by Gasteiger charge is -2.17. The molecule has 0 saturated carbocycles.